The van der Waals surface area contributed by atoms with Gasteiger partial charge < -0.3 is 11.1 Å². The number of anilines is 1. The Morgan fingerprint density at radius 1 is 1.10 bits per heavy atom. The molecule has 0 radical (unpaired) electrons. The van der Waals surface area contributed by atoms with E-state index in [2.05, 4.69) is 10.6 Å². The van der Waals surface area contributed by atoms with E-state index in [1.807, 2.05) is 0 Å². The fraction of sp³-hybridized carbons (Fsp3) is 0.421. The topological polar surface area (TPSA) is 139 Å². The van der Waals surface area contributed by atoms with E-state index in [0.29, 0.717) is 25.1 Å². The van der Waals surface area contributed by atoms with Crippen molar-refractivity contribution in [2.75, 3.05) is 11.9 Å². The Bertz CT molecular complexity index is 857. The van der Waals surface area contributed by atoms with Crippen molar-refractivity contribution in [3.05, 3.63) is 29.3 Å². The molecule has 0 saturated carbocycles. The maximum Gasteiger partial charge on any atom is 0.262 e. The van der Waals surface area contributed by atoms with Gasteiger partial charge in [0.2, 0.25) is 17.7 Å². The molecule has 2 aliphatic rings. The number of rotatable bonds is 7. The predicted molar refractivity (Wildman–Crippen MR) is 107 cm³/mol. The normalized spacial score (nSPS) is 18.2. The molecule has 3 rings (SSSR count). The minimum atomic E-state index is -1.01. The highest BCUT2D eigenvalue weighted by Crippen LogP contribution is 2.29. The van der Waals surface area contributed by atoms with Crippen molar-refractivity contribution in [3.8, 4) is 0 Å². The number of nitrogens with one attached hydrogen (secondary N) is 2. The van der Waals surface area contributed by atoms with E-state index in [1.54, 1.807) is 6.07 Å². The molecule has 1 aromatic carbocycles. The van der Waals surface area contributed by atoms with Crippen molar-refractivity contribution in [2.24, 2.45) is 5.73 Å². The number of halogens is 1. The average molecular weight is 423 g/mol. The Balaban J connectivity index is 0.00000300. The summed E-state index contributed by atoms with van der Waals surface area (Å²) in [4.78, 5) is 61.6. The third-order valence-electron chi connectivity index (χ3n) is 4.83. The lowest BCUT2D eigenvalue weighted by Gasteiger charge is -2.27. The zero-order chi connectivity index (χ0) is 20.3. The van der Waals surface area contributed by atoms with Gasteiger partial charge in [-0.2, -0.15) is 0 Å². The smallest absolute Gasteiger partial charge is 0.262 e. The third kappa shape index (κ3) is 4.80. The molecule has 0 aromatic heterocycles. The predicted octanol–water partition coefficient (Wildman–Crippen LogP) is 0.967. The lowest BCUT2D eigenvalue weighted by molar-refractivity contribution is -0.136. The summed E-state index contributed by atoms with van der Waals surface area (Å²) < 4.78 is 0. The van der Waals surface area contributed by atoms with Crippen LogP contribution in [0.3, 0.4) is 0 Å². The Hall–Kier alpha value is -2.78. The maximum absolute atomic E-state index is 12.7. The van der Waals surface area contributed by atoms with Crippen LogP contribution in [0.2, 0.25) is 0 Å². The summed E-state index contributed by atoms with van der Waals surface area (Å²) in [5.74, 6) is -2.44. The lowest BCUT2D eigenvalue weighted by atomic mass is 10.0. The molecule has 1 unspecified atom stereocenters. The van der Waals surface area contributed by atoms with Gasteiger partial charge in [-0.25, -0.2) is 0 Å². The second-order valence-electron chi connectivity index (χ2n) is 6.86. The molecule has 2 aliphatic heterocycles. The van der Waals surface area contributed by atoms with Gasteiger partial charge >= 0.3 is 0 Å². The van der Waals surface area contributed by atoms with E-state index in [1.165, 1.54) is 12.1 Å². The van der Waals surface area contributed by atoms with Gasteiger partial charge in [-0.15, -0.1) is 12.4 Å². The van der Waals surface area contributed by atoms with Crippen LogP contribution >= 0.6 is 12.4 Å². The Morgan fingerprint density at radius 3 is 2.52 bits per heavy atom. The van der Waals surface area contributed by atoms with Gasteiger partial charge in [-0.3, -0.25) is 34.2 Å². The van der Waals surface area contributed by atoms with Crippen LogP contribution in [0.1, 0.15) is 59.2 Å². The number of imide groups is 2. The Kier molecular flexibility index (Phi) is 7.46. The molecule has 2 heterocycles. The number of carbonyl (C=O) groups excluding carboxylic acids is 5. The molecule has 5 amide bonds. The first-order valence-electron chi connectivity index (χ1n) is 9.28. The third-order valence-corrected chi connectivity index (χ3v) is 4.83. The SMILES string of the molecule is Cl.NCCCCCC(=O)Nc1ccc2c(c1)C(=O)N(C1CCC(=O)NC1=O)C2=O. The second kappa shape index (κ2) is 9.62. The number of unbranched alkanes of at least 4 members (excludes halogenated alkanes) is 2. The monoisotopic (exact) mass is 422 g/mol. The van der Waals surface area contributed by atoms with E-state index < -0.39 is 29.7 Å². The second-order valence-corrected chi connectivity index (χ2v) is 6.86. The molecule has 1 fully saturated rings. The molecule has 0 spiro atoms. The van der Waals surface area contributed by atoms with Crippen LogP contribution in [0.5, 0.6) is 0 Å². The molecule has 0 bridgehead atoms. The molecule has 9 nitrogen and oxygen atoms in total. The van der Waals surface area contributed by atoms with Crippen LogP contribution in [0.15, 0.2) is 18.2 Å². The van der Waals surface area contributed by atoms with Crippen molar-refractivity contribution >= 4 is 47.6 Å². The summed E-state index contributed by atoms with van der Waals surface area (Å²) in [6.07, 6.45) is 2.94. The van der Waals surface area contributed by atoms with Crippen molar-refractivity contribution in [2.45, 2.75) is 44.6 Å². The van der Waals surface area contributed by atoms with E-state index in [4.69, 9.17) is 5.73 Å². The Morgan fingerprint density at radius 2 is 1.83 bits per heavy atom. The number of carbonyl (C=O) groups is 5. The zero-order valence-corrected chi connectivity index (χ0v) is 16.5. The lowest BCUT2D eigenvalue weighted by Crippen LogP contribution is -2.54. The molecule has 1 saturated heterocycles. The number of amides is 5. The zero-order valence-electron chi connectivity index (χ0n) is 15.7. The number of nitrogens with two attached hydrogens (primary N) is 1. The van der Waals surface area contributed by atoms with Crippen LogP contribution in [-0.2, 0) is 14.4 Å². The van der Waals surface area contributed by atoms with Crippen molar-refractivity contribution < 1.29 is 24.0 Å². The fourth-order valence-corrected chi connectivity index (χ4v) is 3.38. The van der Waals surface area contributed by atoms with Crippen LogP contribution in [0.25, 0.3) is 0 Å². The highest BCUT2D eigenvalue weighted by molar-refractivity contribution is 6.23. The Labute approximate surface area is 173 Å². The van der Waals surface area contributed by atoms with Gasteiger partial charge in [0.05, 0.1) is 11.1 Å². The molecular weight excluding hydrogens is 400 g/mol. The number of nitrogens with zero attached hydrogens (tertiary/aromatic N) is 1. The van der Waals surface area contributed by atoms with Gasteiger partial charge in [-0.1, -0.05) is 6.42 Å². The van der Waals surface area contributed by atoms with E-state index in [-0.39, 0.29) is 42.3 Å². The molecule has 29 heavy (non-hydrogen) atoms. The first-order valence-corrected chi connectivity index (χ1v) is 9.28. The van der Waals surface area contributed by atoms with Gasteiger partial charge in [0.25, 0.3) is 11.8 Å². The molecule has 156 valence electrons. The number of hydrogen-bond donors (Lipinski definition) is 3. The van der Waals surface area contributed by atoms with Crippen LogP contribution in [0.4, 0.5) is 5.69 Å². The van der Waals surface area contributed by atoms with Gasteiger partial charge in [0, 0.05) is 18.5 Å². The number of piperidine rings is 1. The van der Waals surface area contributed by atoms with E-state index in [9.17, 15) is 24.0 Å². The van der Waals surface area contributed by atoms with E-state index in [0.717, 1.165) is 17.7 Å². The minimum absolute atomic E-state index is 0. The molecular formula is C19H23ClN4O5. The quantitative estimate of drug-likeness (QED) is 0.442. The molecule has 1 atom stereocenters. The highest BCUT2D eigenvalue weighted by Gasteiger charge is 2.44. The fourth-order valence-electron chi connectivity index (χ4n) is 3.38. The summed E-state index contributed by atoms with van der Waals surface area (Å²) >= 11 is 0. The molecule has 4 N–H and O–H groups in total. The molecule has 0 aliphatic carbocycles. The summed E-state index contributed by atoms with van der Waals surface area (Å²) in [6.45, 7) is 0.590. The molecule has 1 aromatic rings. The average Bonchev–Trinajstić information content (AvgIpc) is 2.90. The van der Waals surface area contributed by atoms with Crippen LogP contribution < -0.4 is 16.4 Å². The van der Waals surface area contributed by atoms with Crippen LogP contribution in [-0.4, -0.2) is 47.0 Å². The first-order chi connectivity index (χ1) is 13.4. The van der Waals surface area contributed by atoms with Gasteiger partial charge in [-0.05, 0) is 44.0 Å². The largest absolute Gasteiger partial charge is 0.330 e. The van der Waals surface area contributed by atoms with Crippen molar-refractivity contribution in [3.63, 3.8) is 0 Å². The number of fused-ring (bicyclic) bond motifs is 1. The van der Waals surface area contributed by atoms with Crippen LogP contribution in [0, 0.1) is 0 Å². The minimum Gasteiger partial charge on any atom is -0.330 e. The van der Waals surface area contributed by atoms with Gasteiger partial charge in [0.1, 0.15) is 6.04 Å². The summed E-state index contributed by atoms with van der Waals surface area (Å²) in [5, 5.41) is 4.87. The number of benzene rings is 1. The summed E-state index contributed by atoms with van der Waals surface area (Å²) in [5.41, 5.74) is 6.14. The summed E-state index contributed by atoms with van der Waals surface area (Å²) in [7, 11) is 0. The van der Waals surface area contributed by atoms with Crippen molar-refractivity contribution in [1.82, 2.24) is 10.2 Å². The number of hydrogen-bond acceptors (Lipinski definition) is 6. The first kappa shape index (κ1) is 22.5. The van der Waals surface area contributed by atoms with Crippen molar-refractivity contribution in [1.29, 1.82) is 0 Å². The van der Waals surface area contributed by atoms with E-state index >= 15 is 0 Å². The van der Waals surface area contributed by atoms with Gasteiger partial charge in [0.15, 0.2) is 0 Å². The highest BCUT2D eigenvalue weighted by atomic mass is 35.5. The maximum atomic E-state index is 12.7. The standard InChI is InChI=1S/C19H22N4O5.ClH/c20-9-3-1-2-4-15(24)21-11-5-6-12-13(10-11)19(28)23(18(12)27)14-7-8-16(25)22-17(14)26;/h5-6,10,14H,1-4,7-9,20H2,(H,21,24)(H,22,25,26);1H. The molecule has 10 heteroatoms. The summed E-state index contributed by atoms with van der Waals surface area (Å²) in [6, 6.07) is 3.45.